The lowest BCUT2D eigenvalue weighted by molar-refractivity contribution is 0.191. The fourth-order valence-corrected chi connectivity index (χ4v) is 1.95. The van der Waals surface area contributed by atoms with Crippen molar-refractivity contribution in [1.82, 2.24) is 0 Å². The van der Waals surface area contributed by atoms with Gasteiger partial charge >= 0.3 is 0 Å². The fraction of sp³-hybridized carbons (Fsp3) is 0.455. The van der Waals surface area contributed by atoms with Crippen LogP contribution in [0.4, 0.5) is 0 Å². The minimum absolute atomic E-state index is 0.605. The van der Waals surface area contributed by atoms with E-state index in [1.807, 2.05) is 24.3 Å². The summed E-state index contributed by atoms with van der Waals surface area (Å²) in [7, 11) is 0. The number of aliphatic hydroxyl groups excluding tert-OH is 1. The van der Waals surface area contributed by atoms with E-state index >= 15 is 0 Å². The van der Waals surface area contributed by atoms with Gasteiger partial charge in [-0.05, 0) is 29.9 Å². The van der Waals surface area contributed by atoms with Crippen LogP contribution in [0.3, 0.4) is 0 Å². The van der Waals surface area contributed by atoms with Crippen LogP contribution in [0.15, 0.2) is 24.3 Å². The molecule has 0 spiro atoms. The lowest BCUT2D eigenvalue weighted by Gasteiger charge is -2.15. The Balaban J connectivity index is 2.30. The minimum atomic E-state index is -0.768. The zero-order valence-electron chi connectivity index (χ0n) is 7.66. The Morgan fingerprint density at radius 2 is 1.86 bits per heavy atom. The predicted octanol–water partition coefficient (Wildman–Crippen LogP) is 3.40. The highest BCUT2D eigenvalue weighted by Gasteiger charge is 2.29. The van der Waals surface area contributed by atoms with Crippen LogP contribution < -0.4 is 0 Å². The summed E-state index contributed by atoms with van der Waals surface area (Å²) >= 11 is 11.4. The van der Waals surface area contributed by atoms with Gasteiger partial charge in [0.25, 0.3) is 0 Å². The third kappa shape index (κ3) is 2.05. The molecule has 0 aliphatic heterocycles. The van der Waals surface area contributed by atoms with Crippen molar-refractivity contribution in [2.24, 2.45) is 0 Å². The van der Waals surface area contributed by atoms with Gasteiger partial charge in [-0.3, -0.25) is 0 Å². The Bertz CT molecular complexity index is 321. The minimum Gasteiger partial charge on any atom is -0.386 e. The second-order valence-corrected chi connectivity index (χ2v) is 4.85. The first-order chi connectivity index (χ1) is 6.70. The van der Waals surface area contributed by atoms with Gasteiger partial charge in [0.05, 0.1) is 0 Å². The average molecular weight is 231 g/mol. The third-order valence-electron chi connectivity index (χ3n) is 2.57. The Hall–Kier alpha value is -0.240. The predicted molar refractivity (Wildman–Crippen MR) is 58.9 cm³/mol. The molecule has 1 N–H and O–H groups in total. The summed E-state index contributed by atoms with van der Waals surface area (Å²) in [4.78, 5) is -0.755. The van der Waals surface area contributed by atoms with Gasteiger partial charge in [-0.25, -0.2) is 0 Å². The highest BCUT2D eigenvalue weighted by Crippen LogP contribution is 2.43. The number of hydrogen-bond acceptors (Lipinski definition) is 1. The SMILES string of the molecule is OC(c1ccccc1C1CC1)C(Cl)Cl. The van der Waals surface area contributed by atoms with E-state index in [0.29, 0.717) is 5.92 Å². The summed E-state index contributed by atoms with van der Waals surface area (Å²) in [6.45, 7) is 0. The molecule has 0 aromatic heterocycles. The molecule has 0 amide bonds. The summed E-state index contributed by atoms with van der Waals surface area (Å²) in [5.74, 6) is 0.605. The molecule has 3 heteroatoms. The van der Waals surface area contributed by atoms with E-state index in [0.717, 1.165) is 5.56 Å². The normalized spacial score (nSPS) is 18.6. The number of aliphatic hydroxyl groups is 1. The van der Waals surface area contributed by atoms with E-state index in [-0.39, 0.29) is 0 Å². The highest BCUT2D eigenvalue weighted by molar-refractivity contribution is 6.44. The van der Waals surface area contributed by atoms with Crippen molar-refractivity contribution in [2.45, 2.75) is 29.7 Å². The molecule has 1 fully saturated rings. The number of rotatable bonds is 3. The molecule has 1 aromatic carbocycles. The van der Waals surface area contributed by atoms with Crippen LogP contribution in [0.1, 0.15) is 36.0 Å². The van der Waals surface area contributed by atoms with Crippen LogP contribution in [-0.2, 0) is 0 Å². The van der Waals surface area contributed by atoms with Crippen molar-refractivity contribution < 1.29 is 5.11 Å². The largest absolute Gasteiger partial charge is 0.386 e. The second kappa shape index (κ2) is 4.09. The van der Waals surface area contributed by atoms with Crippen LogP contribution in [0.25, 0.3) is 0 Å². The molecule has 1 nitrogen and oxygen atoms in total. The number of hydrogen-bond donors (Lipinski definition) is 1. The summed E-state index contributed by atoms with van der Waals surface area (Å²) in [5.41, 5.74) is 2.08. The molecule has 0 radical (unpaired) electrons. The molecule has 1 aliphatic carbocycles. The van der Waals surface area contributed by atoms with Crippen molar-refractivity contribution in [1.29, 1.82) is 0 Å². The van der Waals surface area contributed by atoms with Crippen molar-refractivity contribution in [3.05, 3.63) is 35.4 Å². The smallest absolute Gasteiger partial charge is 0.137 e. The maximum Gasteiger partial charge on any atom is 0.137 e. The number of alkyl halides is 2. The van der Waals surface area contributed by atoms with Crippen molar-refractivity contribution in [3.8, 4) is 0 Å². The van der Waals surface area contributed by atoms with Crippen molar-refractivity contribution in [2.75, 3.05) is 0 Å². The van der Waals surface area contributed by atoms with Crippen LogP contribution in [0, 0.1) is 0 Å². The highest BCUT2D eigenvalue weighted by atomic mass is 35.5. The lowest BCUT2D eigenvalue weighted by atomic mass is 10.00. The van der Waals surface area contributed by atoms with Crippen molar-refractivity contribution >= 4 is 23.2 Å². The monoisotopic (exact) mass is 230 g/mol. The Morgan fingerprint density at radius 1 is 1.21 bits per heavy atom. The molecule has 1 unspecified atom stereocenters. The lowest BCUT2D eigenvalue weighted by Crippen LogP contribution is -2.08. The zero-order chi connectivity index (χ0) is 10.1. The van der Waals surface area contributed by atoms with E-state index in [2.05, 4.69) is 0 Å². The molecular formula is C11H12Cl2O. The zero-order valence-corrected chi connectivity index (χ0v) is 9.17. The van der Waals surface area contributed by atoms with E-state index in [1.165, 1.54) is 18.4 Å². The van der Waals surface area contributed by atoms with Gasteiger partial charge in [-0.1, -0.05) is 24.3 Å². The summed E-state index contributed by atoms with van der Waals surface area (Å²) in [6, 6.07) is 7.84. The van der Waals surface area contributed by atoms with Gasteiger partial charge in [0.1, 0.15) is 10.9 Å². The van der Waals surface area contributed by atoms with E-state index in [1.54, 1.807) is 0 Å². The number of halogens is 2. The Kier molecular flexibility index (Phi) is 3.01. The van der Waals surface area contributed by atoms with Gasteiger partial charge in [-0.15, -0.1) is 23.2 Å². The van der Waals surface area contributed by atoms with Gasteiger partial charge in [0.15, 0.2) is 0 Å². The quantitative estimate of drug-likeness (QED) is 0.790. The van der Waals surface area contributed by atoms with Gasteiger partial charge in [0, 0.05) is 0 Å². The van der Waals surface area contributed by atoms with Gasteiger partial charge < -0.3 is 5.11 Å². The van der Waals surface area contributed by atoms with Crippen LogP contribution in [0.2, 0.25) is 0 Å². The molecule has 0 saturated heterocycles. The Morgan fingerprint density at radius 3 is 2.43 bits per heavy atom. The molecule has 0 heterocycles. The van der Waals surface area contributed by atoms with E-state index < -0.39 is 10.9 Å². The summed E-state index contributed by atoms with van der Waals surface area (Å²) in [6.07, 6.45) is 1.65. The topological polar surface area (TPSA) is 20.2 Å². The van der Waals surface area contributed by atoms with Crippen LogP contribution in [0.5, 0.6) is 0 Å². The summed E-state index contributed by atoms with van der Waals surface area (Å²) in [5, 5.41) is 9.79. The molecule has 0 bridgehead atoms. The number of benzene rings is 1. The fourth-order valence-electron chi connectivity index (χ4n) is 1.68. The molecule has 2 rings (SSSR count). The molecule has 14 heavy (non-hydrogen) atoms. The first kappa shape index (κ1) is 10.3. The molecular weight excluding hydrogens is 219 g/mol. The van der Waals surface area contributed by atoms with Gasteiger partial charge in [-0.2, -0.15) is 0 Å². The van der Waals surface area contributed by atoms with Crippen molar-refractivity contribution in [3.63, 3.8) is 0 Å². The maximum atomic E-state index is 9.79. The molecule has 1 atom stereocenters. The van der Waals surface area contributed by atoms with Crippen LogP contribution in [-0.4, -0.2) is 9.94 Å². The molecule has 1 saturated carbocycles. The van der Waals surface area contributed by atoms with Crippen LogP contribution >= 0.6 is 23.2 Å². The first-order valence-electron chi connectivity index (χ1n) is 4.75. The molecule has 76 valence electrons. The molecule has 1 aliphatic rings. The van der Waals surface area contributed by atoms with E-state index in [4.69, 9.17) is 23.2 Å². The van der Waals surface area contributed by atoms with Gasteiger partial charge in [0.2, 0.25) is 0 Å². The van der Waals surface area contributed by atoms with E-state index in [9.17, 15) is 5.11 Å². The third-order valence-corrected chi connectivity index (χ3v) is 3.05. The Labute approximate surface area is 93.7 Å². The maximum absolute atomic E-state index is 9.79. The first-order valence-corrected chi connectivity index (χ1v) is 5.62. The molecule has 1 aromatic rings. The standard InChI is InChI=1S/C11H12Cl2O/c12-11(13)10(14)9-4-2-1-3-8(9)7-5-6-7/h1-4,7,10-11,14H,5-6H2. The summed E-state index contributed by atoms with van der Waals surface area (Å²) < 4.78 is 0. The average Bonchev–Trinajstić information content (AvgIpc) is 3.00. The second-order valence-electron chi connectivity index (χ2n) is 3.68.